The van der Waals surface area contributed by atoms with Crippen LogP contribution in [-0.2, 0) is 0 Å². The molecule has 1 aromatic rings. The molecule has 0 spiro atoms. The second kappa shape index (κ2) is 7.78. The van der Waals surface area contributed by atoms with Gasteiger partial charge in [0.25, 0.3) is 0 Å². The van der Waals surface area contributed by atoms with Crippen molar-refractivity contribution in [2.75, 3.05) is 12.8 Å². The maximum atomic E-state index is 3.28. The molecule has 1 N–H and O–H groups in total. The molecule has 0 aliphatic carbocycles. The van der Waals surface area contributed by atoms with Crippen LogP contribution in [-0.4, -0.2) is 12.8 Å². The molecular weight excluding hydrogens is 226 g/mol. The van der Waals surface area contributed by atoms with E-state index in [4.69, 9.17) is 0 Å². The number of benzene rings is 1. The summed E-state index contributed by atoms with van der Waals surface area (Å²) in [5, 5.41) is 3.28. The van der Waals surface area contributed by atoms with Gasteiger partial charge in [0.05, 0.1) is 0 Å². The minimum absolute atomic E-state index is 0.434. The monoisotopic (exact) mass is 251 g/mol. The van der Waals surface area contributed by atoms with Crippen molar-refractivity contribution in [1.82, 2.24) is 5.32 Å². The van der Waals surface area contributed by atoms with Crippen molar-refractivity contribution < 1.29 is 0 Å². The molecule has 0 saturated heterocycles. The van der Waals surface area contributed by atoms with E-state index in [1.54, 1.807) is 0 Å². The van der Waals surface area contributed by atoms with Crippen LogP contribution in [0.25, 0.3) is 0 Å². The predicted molar refractivity (Wildman–Crippen MR) is 78.7 cm³/mol. The van der Waals surface area contributed by atoms with Gasteiger partial charge in [0.2, 0.25) is 0 Å². The molecule has 0 aliphatic heterocycles. The Morgan fingerprint density at radius 1 is 1.29 bits per heavy atom. The number of hydrogen-bond donors (Lipinski definition) is 1. The Morgan fingerprint density at radius 2 is 2.06 bits per heavy atom. The van der Waals surface area contributed by atoms with Gasteiger partial charge in [0.15, 0.2) is 0 Å². The highest BCUT2D eigenvalue weighted by Gasteiger charge is 2.05. The SMILES string of the molecule is CCCC(C)CSc1cccc(C(C)NC)c1. The average molecular weight is 251 g/mol. The fraction of sp³-hybridized carbons (Fsp3) is 0.600. The normalized spacial score (nSPS) is 14.6. The molecular formula is C15H25NS. The standard InChI is InChI=1S/C15H25NS/c1-5-7-12(2)11-17-15-9-6-8-14(10-15)13(3)16-4/h6,8-10,12-13,16H,5,7,11H2,1-4H3. The van der Waals surface area contributed by atoms with Crippen molar-refractivity contribution in [2.45, 2.75) is 44.6 Å². The van der Waals surface area contributed by atoms with Crippen molar-refractivity contribution >= 4 is 11.8 Å². The fourth-order valence-corrected chi connectivity index (χ4v) is 2.89. The minimum atomic E-state index is 0.434. The van der Waals surface area contributed by atoms with Gasteiger partial charge in [-0.1, -0.05) is 38.8 Å². The van der Waals surface area contributed by atoms with Crippen molar-refractivity contribution in [2.24, 2.45) is 5.92 Å². The molecule has 2 unspecified atom stereocenters. The maximum Gasteiger partial charge on any atom is 0.0289 e. The number of hydrogen-bond acceptors (Lipinski definition) is 2. The van der Waals surface area contributed by atoms with E-state index < -0.39 is 0 Å². The zero-order valence-corrected chi connectivity index (χ0v) is 12.3. The highest BCUT2D eigenvalue weighted by atomic mass is 32.2. The number of nitrogens with one attached hydrogen (secondary N) is 1. The molecule has 0 amide bonds. The molecule has 1 rings (SSSR count). The van der Waals surface area contributed by atoms with Crippen molar-refractivity contribution in [3.05, 3.63) is 29.8 Å². The highest BCUT2D eigenvalue weighted by Crippen LogP contribution is 2.25. The highest BCUT2D eigenvalue weighted by molar-refractivity contribution is 7.99. The molecule has 0 bridgehead atoms. The van der Waals surface area contributed by atoms with E-state index in [0.29, 0.717) is 6.04 Å². The van der Waals surface area contributed by atoms with Gasteiger partial charge >= 0.3 is 0 Å². The summed E-state index contributed by atoms with van der Waals surface area (Å²) in [5.74, 6) is 2.04. The van der Waals surface area contributed by atoms with Crippen molar-refractivity contribution in [3.63, 3.8) is 0 Å². The van der Waals surface area contributed by atoms with Crippen LogP contribution in [0.2, 0.25) is 0 Å². The summed E-state index contributed by atoms with van der Waals surface area (Å²) in [5.41, 5.74) is 1.38. The molecule has 0 heterocycles. The van der Waals surface area contributed by atoms with Gasteiger partial charge in [-0.3, -0.25) is 0 Å². The molecule has 2 atom stereocenters. The summed E-state index contributed by atoms with van der Waals surface area (Å²) in [4.78, 5) is 1.40. The Hall–Kier alpha value is -0.470. The number of rotatable bonds is 7. The van der Waals surface area contributed by atoms with E-state index in [-0.39, 0.29) is 0 Å². The average Bonchev–Trinajstić information content (AvgIpc) is 2.36. The lowest BCUT2D eigenvalue weighted by Crippen LogP contribution is -2.12. The van der Waals surface area contributed by atoms with E-state index in [1.165, 1.54) is 29.1 Å². The van der Waals surface area contributed by atoms with Crippen molar-refractivity contribution in [1.29, 1.82) is 0 Å². The predicted octanol–water partition coefficient (Wildman–Crippen LogP) is 4.50. The van der Waals surface area contributed by atoms with Gasteiger partial charge in [-0.15, -0.1) is 11.8 Å². The van der Waals surface area contributed by atoms with Gasteiger partial charge in [0, 0.05) is 16.7 Å². The first-order valence-corrected chi connectivity index (χ1v) is 7.56. The van der Waals surface area contributed by atoms with Crippen LogP contribution in [0.4, 0.5) is 0 Å². The molecule has 96 valence electrons. The first kappa shape index (κ1) is 14.6. The quantitative estimate of drug-likeness (QED) is 0.716. The molecule has 2 heteroatoms. The maximum absolute atomic E-state index is 3.28. The van der Waals surface area contributed by atoms with Crippen LogP contribution in [0, 0.1) is 5.92 Å². The lowest BCUT2D eigenvalue weighted by Gasteiger charge is -2.13. The van der Waals surface area contributed by atoms with Gasteiger partial charge in [0.1, 0.15) is 0 Å². The van der Waals surface area contributed by atoms with E-state index >= 15 is 0 Å². The van der Waals surface area contributed by atoms with Crippen LogP contribution in [0.5, 0.6) is 0 Å². The molecule has 0 radical (unpaired) electrons. The third kappa shape index (κ3) is 5.13. The van der Waals surface area contributed by atoms with Gasteiger partial charge in [-0.2, -0.15) is 0 Å². The molecule has 0 aliphatic rings. The van der Waals surface area contributed by atoms with E-state index in [2.05, 4.69) is 50.4 Å². The van der Waals surface area contributed by atoms with Crippen LogP contribution < -0.4 is 5.32 Å². The largest absolute Gasteiger partial charge is 0.313 e. The molecule has 0 saturated carbocycles. The fourth-order valence-electron chi connectivity index (χ4n) is 1.85. The molecule has 1 aromatic carbocycles. The summed E-state index contributed by atoms with van der Waals surface area (Å²) < 4.78 is 0. The smallest absolute Gasteiger partial charge is 0.0289 e. The molecule has 17 heavy (non-hydrogen) atoms. The Labute approximate surface area is 110 Å². The lowest BCUT2D eigenvalue weighted by atomic mass is 10.1. The van der Waals surface area contributed by atoms with Crippen LogP contribution in [0.1, 0.15) is 45.2 Å². The Bertz CT molecular complexity index is 324. The Kier molecular flexibility index (Phi) is 6.68. The van der Waals surface area contributed by atoms with Crippen molar-refractivity contribution in [3.8, 4) is 0 Å². The summed E-state index contributed by atoms with van der Waals surface area (Å²) in [6.45, 7) is 6.80. The molecule has 1 nitrogen and oxygen atoms in total. The first-order valence-electron chi connectivity index (χ1n) is 6.57. The van der Waals surface area contributed by atoms with Gasteiger partial charge in [-0.05, 0) is 37.6 Å². The van der Waals surface area contributed by atoms with E-state index in [1.807, 2.05) is 18.8 Å². The minimum Gasteiger partial charge on any atom is -0.313 e. The zero-order chi connectivity index (χ0) is 12.7. The van der Waals surface area contributed by atoms with Crippen LogP contribution >= 0.6 is 11.8 Å². The Morgan fingerprint density at radius 3 is 2.71 bits per heavy atom. The molecule has 0 fully saturated rings. The van der Waals surface area contributed by atoms with Crippen LogP contribution in [0.3, 0.4) is 0 Å². The summed E-state index contributed by atoms with van der Waals surface area (Å²) >= 11 is 1.98. The summed E-state index contributed by atoms with van der Waals surface area (Å²) in [6, 6.07) is 9.32. The van der Waals surface area contributed by atoms with Gasteiger partial charge < -0.3 is 5.32 Å². The van der Waals surface area contributed by atoms with E-state index in [0.717, 1.165) is 5.92 Å². The van der Waals surface area contributed by atoms with E-state index in [9.17, 15) is 0 Å². The van der Waals surface area contributed by atoms with Gasteiger partial charge in [-0.25, -0.2) is 0 Å². The first-order chi connectivity index (χ1) is 8.17. The second-order valence-corrected chi connectivity index (χ2v) is 5.88. The summed E-state index contributed by atoms with van der Waals surface area (Å²) in [7, 11) is 2.01. The topological polar surface area (TPSA) is 12.0 Å². The van der Waals surface area contributed by atoms with Crippen LogP contribution in [0.15, 0.2) is 29.2 Å². The second-order valence-electron chi connectivity index (χ2n) is 4.79. The third-order valence-electron chi connectivity index (χ3n) is 3.11. The zero-order valence-electron chi connectivity index (χ0n) is 11.5. The summed E-state index contributed by atoms with van der Waals surface area (Å²) in [6.07, 6.45) is 2.62. The number of thioether (sulfide) groups is 1. The lowest BCUT2D eigenvalue weighted by molar-refractivity contribution is 0.585. The molecule has 0 aromatic heterocycles. The Balaban J connectivity index is 2.54. The third-order valence-corrected chi connectivity index (χ3v) is 4.43.